The van der Waals surface area contributed by atoms with Crippen LogP contribution in [0.25, 0.3) is 10.1 Å². The van der Waals surface area contributed by atoms with Gasteiger partial charge in [0.1, 0.15) is 16.7 Å². The van der Waals surface area contributed by atoms with E-state index in [1.165, 1.54) is 17.4 Å². The summed E-state index contributed by atoms with van der Waals surface area (Å²) in [5, 5.41) is 10.0. The molecule has 2 atom stereocenters. The molecule has 2 aliphatic heterocycles. The maximum absolute atomic E-state index is 13.1. The average molecular weight is 477 g/mol. The SMILES string of the molecule is C=CC(=O)N1CC(C)Oc2ccc(NC(=O)c3ccc4sc5c(c4c3)NC[C@@H](C)NC5=O)cc21. The van der Waals surface area contributed by atoms with Gasteiger partial charge in [-0.3, -0.25) is 14.4 Å². The molecular weight excluding hydrogens is 452 g/mol. The lowest BCUT2D eigenvalue weighted by atomic mass is 10.1. The summed E-state index contributed by atoms with van der Waals surface area (Å²) in [7, 11) is 0. The summed E-state index contributed by atoms with van der Waals surface area (Å²) in [6, 6.07) is 10.6. The lowest BCUT2D eigenvalue weighted by Crippen LogP contribution is -2.41. The van der Waals surface area contributed by atoms with Crippen LogP contribution in [0.5, 0.6) is 5.75 Å². The zero-order valence-electron chi connectivity index (χ0n) is 18.8. The summed E-state index contributed by atoms with van der Waals surface area (Å²) in [5.74, 6) is -0.0499. The third-order valence-corrected chi connectivity index (χ3v) is 7.00. The highest BCUT2D eigenvalue weighted by molar-refractivity contribution is 7.21. The smallest absolute Gasteiger partial charge is 0.263 e. The van der Waals surface area contributed by atoms with Crippen molar-refractivity contribution in [1.29, 1.82) is 0 Å². The molecule has 0 bridgehead atoms. The molecule has 1 unspecified atom stereocenters. The molecule has 174 valence electrons. The fourth-order valence-corrected chi connectivity index (χ4v) is 5.27. The number of nitrogens with one attached hydrogen (secondary N) is 3. The first kappa shape index (κ1) is 22.0. The second kappa shape index (κ2) is 8.49. The number of anilines is 3. The Labute approximate surface area is 200 Å². The number of carbonyl (C=O) groups is 3. The lowest BCUT2D eigenvalue weighted by molar-refractivity contribution is -0.114. The van der Waals surface area contributed by atoms with E-state index in [0.717, 1.165) is 15.8 Å². The number of fused-ring (bicyclic) bond motifs is 4. The molecule has 1 aromatic heterocycles. The van der Waals surface area contributed by atoms with Crippen molar-refractivity contribution in [3.63, 3.8) is 0 Å². The van der Waals surface area contributed by atoms with E-state index in [1.807, 2.05) is 19.9 Å². The number of amides is 3. The summed E-state index contributed by atoms with van der Waals surface area (Å²) in [5.41, 5.74) is 2.35. The zero-order valence-corrected chi connectivity index (χ0v) is 19.6. The predicted molar refractivity (Wildman–Crippen MR) is 134 cm³/mol. The normalized spacial score (nSPS) is 19.1. The number of benzene rings is 2. The number of rotatable bonds is 3. The molecule has 2 aromatic carbocycles. The van der Waals surface area contributed by atoms with E-state index in [-0.39, 0.29) is 29.9 Å². The highest BCUT2D eigenvalue weighted by Crippen LogP contribution is 2.38. The van der Waals surface area contributed by atoms with E-state index in [1.54, 1.807) is 35.2 Å². The average Bonchev–Trinajstić information content (AvgIpc) is 3.13. The third kappa shape index (κ3) is 3.88. The van der Waals surface area contributed by atoms with Crippen LogP contribution in [0.4, 0.5) is 17.1 Å². The molecule has 5 rings (SSSR count). The van der Waals surface area contributed by atoms with Crippen LogP contribution in [0, 0.1) is 0 Å². The van der Waals surface area contributed by atoms with Crippen LogP contribution in [0.3, 0.4) is 0 Å². The van der Waals surface area contributed by atoms with Crippen LogP contribution in [0.1, 0.15) is 33.9 Å². The summed E-state index contributed by atoms with van der Waals surface area (Å²) >= 11 is 1.40. The Morgan fingerprint density at radius 1 is 1.24 bits per heavy atom. The molecule has 0 saturated carbocycles. The number of carbonyl (C=O) groups excluding carboxylic acids is 3. The minimum absolute atomic E-state index is 0.0112. The Morgan fingerprint density at radius 2 is 2.06 bits per heavy atom. The van der Waals surface area contributed by atoms with Crippen molar-refractivity contribution in [2.75, 3.05) is 28.6 Å². The Kier molecular flexibility index (Phi) is 5.49. The highest BCUT2D eigenvalue weighted by atomic mass is 32.1. The maximum atomic E-state index is 13.1. The Morgan fingerprint density at radius 3 is 2.85 bits per heavy atom. The molecule has 9 heteroatoms. The molecule has 3 N–H and O–H groups in total. The van der Waals surface area contributed by atoms with Crippen molar-refractivity contribution in [2.45, 2.75) is 26.0 Å². The fourth-order valence-electron chi connectivity index (χ4n) is 4.21. The number of hydrogen-bond acceptors (Lipinski definition) is 6. The van der Waals surface area contributed by atoms with Gasteiger partial charge in [0, 0.05) is 33.9 Å². The first-order chi connectivity index (χ1) is 16.3. The molecule has 3 aromatic rings. The number of hydrogen-bond donors (Lipinski definition) is 3. The second-order valence-electron chi connectivity index (χ2n) is 8.49. The molecule has 34 heavy (non-hydrogen) atoms. The van der Waals surface area contributed by atoms with Gasteiger partial charge >= 0.3 is 0 Å². The van der Waals surface area contributed by atoms with Crippen molar-refractivity contribution >= 4 is 56.2 Å². The van der Waals surface area contributed by atoms with Gasteiger partial charge in [0.2, 0.25) is 0 Å². The standard InChI is InChI=1S/C25H24N4O4S/c1-4-21(30)29-12-14(3)33-19-7-6-16(10-18(19)29)28-24(31)15-5-8-20-17(9-15)22-23(34-20)25(32)27-13(2)11-26-22/h4-10,13-14,26H,1,11-12H2,2-3H3,(H,27,32)(H,28,31)/t13-,14?/m1/s1. The van der Waals surface area contributed by atoms with E-state index in [4.69, 9.17) is 4.74 Å². The van der Waals surface area contributed by atoms with E-state index < -0.39 is 0 Å². The summed E-state index contributed by atoms with van der Waals surface area (Å²) in [4.78, 5) is 40.2. The molecule has 3 amide bonds. The molecule has 0 saturated heterocycles. The molecule has 0 fully saturated rings. The highest BCUT2D eigenvalue weighted by Gasteiger charge is 2.27. The molecular formula is C25H24N4O4S. The largest absolute Gasteiger partial charge is 0.487 e. The first-order valence-electron chi connectivity index (χ1n) is 11.0. The molecule has 0 aliphatic carbocycles. The quantitative estimate of drug-likeness (QED) is 0.497. The van der Waals surface area contributed by atoms with Gasteiger partial charge in [-0.1, -0.05) is 6.58 Å². The summed E-state index contributed by atoms with van der Waals surface area (Å²) in [6.07, 6.45) is 1.11. The van der Waals surface area contributed by atoms with Gasteiger partial charge in [-0.2, -0.15) is 0 Å². The summed E-state index contributed by atoms with van der Waals surface area (Å²) < 4.78 is 6.77. The molecule has 3 heterocycles. The Balaban J connectivity index is 1.44. The lowest BCUT2D eigenvalue weighted by Gasteiger charge is -2.33. The third-order valence-electron chi connectivity index (χ3n) is 5.84. The topological polar surface area (TPSA) is 99.8 Å². The van der Waals surface area contributed by atoms with Crippen molar-refractivity contribution in [3.8, 4) is 5.75 Å². The van der Waals surface area contributed by atoms with Crippen molar-refractivity contribution in [1.82, 2.24) is 5.32 Å². The van der Waals surface area contributed by atoms with Crippen LogP contribution in [-0.2, 0) is 4.79 Å². The zero-order chi connectivity index (χ0) is 24.0. The van der Waals surface area contributed by atoms with Gasteiger partial charge in [-0.25, -0.2) is 0 Å². The fraction of sp³-hybridized carbons (Fsp3) is 0.240. The van der Waals surface area contributed by atoms with Gasteiger partial charge in [0.05, 0.1) is 17.9 Å². The van der Waals surface area contributed by atoms with Crippen molar-refractivity contribution < 1.29 is 19.1 Å². The van der Waals surface area contributed by atoms with E-state index in [2.05, 4.69) is 22.5 Å². The van der Waals surface area contributed by atoms with Crippen LogP contribution in [0.2, 0.25) is 0 Å². The monoisotopic (exact) mass is 476 g/mol. The molecule has 2 aliphatic rings. The summed E-state index contributed by atoms with van der Waals surface area (Å²) in [6.45, 7) is 8.42. The van der Waals surface area contributed by atoms with Crippen LogP contribution < -0.4 is 25.6 Å². The molecule has 0 spiro atoms. The Hall–Kier alpha value is -3.85. The maximum Gasteiger partial charge on any atom is 0.263 e. The minimum atomic E-state index is -0.292. The van der Waals surface area contributed by atoms with Crippen LogP contribution >= 0.6 is 11.3 Å². The van der Waals surface area contributed by atoms with E-state index in [9.17, 15) is 14.4 Å². The van der Waals surface area contributed by atoms with Gasteiger partial charge in [0.25, 0.3) is 17.7 Å². The second-order valence-corrected chi connectivity index (χ2v) is 9.54. The number of thiophene rings is 1. The molecule has 0 radical (unpaired) electrons. The van der Waals surface area contributed by atoms with Gasteiger partial charge in [0.15, 0.2) is 0 Å². The van der Waals surface area contributed by atoms with Crippen molar-refractivity contribution in [3.05, 3.63) is 59.5 Å². The van der Waals surface area contributed by atoms with Crippen LogP contribution in [0.15, 0.2) is 49.1 Å². The van der Waals surface area contributed by atoms with Crippen LogP contribution in [-0.4, -0.2) is 43.0 Å². The van der Waals surface area contributed by atoms with E-state index in [0.29, 0.717) is 40.7 Å². The predicted octanol–water partition coefficient (Wildman–Crippen LogP) is 4.00. The van der Waals surface area contributed by atoms with Crippen molar-refractivity contribution in [2.24, 2.45) is 0 Å². The van der Waals surface area contributed by atoms with Gasteiger partial charge in [-0.05, 0) is 56.3 Å². The first-order valence-corrected chi connectivity index (χ1v) is 11.8. The number of nitrogens with zero attached hydrogens (tertiary/aromatic N) is 1. The van der Waals surface area contributed by atoms with Gasteiger partial charge < -0.3 is 25.6 Å². The molecule has 8 nitrogen and oxygen atoms in total. The number of ether oxygens (including phenoxy) is 1. The van der Waals surface area contributed by atoms with E-state index >= 15 is 0 Å². The Bertz CT molecular complexity index is 1350. The minimum Gasteiger partial charge on any atom is -0.487 e. The van der Waals surface area contributed by atoms with Gasteiger partial charge in [-0.15, -0.1) is 11.3 Å².